The maximum atomic E-state index is 11.9. The summed E-state index contributed by atoms with van der Waals surface area (Å²) in [7, 11) is 0. The quantitative estimate of drug-likeness (QED) is 0.531. The molecule has 0 heterocycles. The molecule has 29 heavy (non-hydrogen) atoms. The van der Waals surface area contributed by atoms with Crippen molar-refractivity contribution < 1.29 is 14.7 Å². The van der Waals surface area contributed by atoms with Crippen molar-refractivity contribution in [2.45, 2.75) is 18.3 Å². The second-order valence-electron chi connectivity index (χ2n) is 7.14. The van der Waals surface area contributed by atoms with Crippen LogP contribution in [0.2, 0.25) is 5.02 Å². The Balaban J connectivity index is 1.58. The van der Waals surface area contributed by atoms with Gasteiger partial charge in [0.25, 0.3) is 0 Å². The first kappa shape index (κ1) is 19.0. The molecule has 144 valence electrons. The van der Waals surface area contributed by atoms with Gasteiger partial charge in [0.05, 0.1) is 12.1 Å². The molecule has 0 radical (unpaired) electrons. The summed E-state index contributed by atoms with van der Waals surface area (Å²) in [5, 5.41) is 9.89. The van der Waals surface area contributed by atoms with Crippen LogP contribution >= 0.6 is 11.6 Å². The van der Waals surface area contributed by atoms with E-state index in [0.29, 0.717) is 17.4 Å². The highest BCUT2D eigenvalue weighted by atomic mass is 35.5. The van der Waals surface area contributed by atoms with Crippen LogP contribution in [0.15, 0.2) is 83.3 Å². The van der Waals surface area contributed by atoms with Gasteiger partial charge in [0.2, 0.25) is 6.41 Å². The minimum Gasteiger partial charge on any atom is -0.478 e. The van der Waals surface area contributed by atoms with E-state index < -0.39 is 5.97 Å². The number of hydrogen-bond acceptors (Lipinski definition) is 2. The first-order chi connectivity index (χ1) is 14.1. The fourth-order valence-corrected chi connectivity index (χ4v) is 3.85. The van der Waals surface area contributed by atoms with E-state index in [1.165, 1.54) is 17.7 Å². The van der Waals surface area contributed by atoms with Gasteiger partial charge < -0.3 is 10.0 Å². The highest BCUT2D eigenvalue weighted by molar-refractivity contribution is 6.30. The largest absolute Gasteiger partial charge is 0.478 e. The van der Waals surface area contributed by atoms with Gasteiger partial charge in [-0.1, -0.05) is 53.4 Å². The van der Waals surface area contributed by atoms with Gasteiger partial charge in [0, 0.05) is 22.4 Å². The van der Waals surface area contributed by atoms with Crippen molar-refractivity contribution in [1.29, 1.82) is 0 Å². The van der Waals surface area contributed by atoms with Crippen molar-refractivity contribution >= 4 is 29.7 Å². The van der Waals surface area contributed by atoms with Crippen molar-refractivity contribution in [2.24, 2.45) is 0 Å². The second-order valence-corrected chi connectivity index (χ2v) is 7.57. The summed E-state index contributed by atoms with van der Waals surface area (Å²) >= 11 is 6.00. The van der Waals surface area contributed by atoms with Crippen molar-refractivity contribution in [1.82, 2.24) is 0 Å². The first-order valence-corrected chi connectivity index (χ1v) is 9.66. The van der Waals surface area contributed by atoms with Crippen LogP contribution in [0.25, 0.3) is 0 Å². The molecule has 2 atom stereocenters. The molecule has 0 aromatic heterocycles. The lowest BCUT2D eigenvalue weighted by Gasteiger charge is -2.21. The third-order valence-electron chi connectivity index (χ3n) is 5.24. The van der Waals surface area contributed by atoms with E-state index in [1.807, 2.05) is 30.3 Å². The summed E-state index contributed by atoms with van der Waals surface area (Å²) in [4.78, 5) is 24.7. The smallest absolute Gasteiger partial charge is 0.336 e. The Labute approximate surface area is 173 Å². The molecule has 0 aliphatic heterocycles. The molecule has 2 aromatic rings. The summed E-state index contributed by atoms with van der Waals surface area (Å²) in [6.07, 6.45) is 4.68. The number of rotatable bonds is 7. The maximum Gasteiger partial charge on any atom is 0.336 e. The lowest BCUT2D eigenvalue weighted by molar-refractivity contribution is -0.132. The average Bonchev–Trinajstić information content (AvgIpc) is 3.53. The van der Waals surface area contributed by atoms with Crippen LogP contribution in [-0.4, -0.2) is 24.0 Å². The zero-order chi connectivity index (χ0) is 20.4. The van der Waals surface area contributed by atoms with E-state index in [1.54, 1.807) is 4.90 Å². The Morgan fingerprint density at radius 3 is 2.66 bits per heavy atom. The molecule has 1 fully saturated rings. The summed E-state index contributed by atoms with van der Waals surface area (Å²) in [6, 6.07) is 15.8. The minimum absolute atomic E-state index is 0.128. The molecule has 2 aromatic carbocycles. The van der Waals surface area contributed by atoms with Crippen LogP contribution in [0.3, 0.4) is 0 Å². The fraction of sp³-hybridized carbons (Fsp3) is 0.167. The Kier molecular flexibility index (Phi) is 5.24. The van der Waals surface area contributed by atoms with E-state index in [9.17, 15) is 14.7 Å². The average molecular weight is 404 g/mol. The van der Waals surface area contributed by atoms with Crippen molar-refractivity contribution in [2.75, 3.05) is 11.4 Å². The molecule has 1 saturated carbocycles. The van der Waals surface area contributed by atoms with Gasteiger partial charge in [0.15, 0.2) is 0 Å². The van der Waals surface area contributed by atoms with E-state index >= 15 is 0 Å². The molecule has 5 heteroatoms. The number of amides is 1. The summed E-state index contributed by atoms with van der Waals surface area (Å²) < 4.78 is 0. The second kappa shape index (κ2) is 7.98. The summed E-state index contributed by atoms with van der Waals surface area (Å²) in [5.74, 6) is -0.300. The lowest BCUT2D eigenvalue weighted by atomic mass is 10.0. The van der Waals surface area contributed by atoms with Gasteiger partial charge in [-0.3, -0.25) is 4.79 Å². The number of benzene rings is 2. The number of carboxylic acids is 1. The number of nitrogens with zero attached hydrogens (tertiary/aromatic N) is 1. The Hall–Kier alpha value is -3.29. The van der Waals surface area contributed by atoms with Crippen LogP contribution in [0.1, 0.15) is 29.4 Å². The normalized spacial score (nSPS) is 19.3. The van der Waals surface area contributed by atoms with Crippen molar-refractivity contribution in [3.05, 3.63) is 99.4 Å². The molecule has 1 amide bonds. The molecular weight excluding hydrogens is 386 g/mol. The maximum absolute atomic E-state index is 11.9. The van der Waals surface area contributed by atoms with Crippen LogP contribution < -0.4 is 4.90 Å². The molecule has 0 saturated heterocycles. The number of hydrogen-bond donors (Lipinski definition) is 1. The minimum atomic E-state index is -1.03. The molecule has 2 aliphatic carbocycles. The molecular formula is C24H18ClNO3. The first-order valence-electron chi connectivity index (χ1n) is 9.28. The zero-order valence-corrected chi connectivity index (χ0v) is 16.3. The number of aliphatic carboxylic acids is 1. The number of para-hydroxylation sites is 1. The SMILES string of the molecule is O=CN(CC1=C=C=CC(C(=O)O)=C1)c1ccccc1C1C[C@H]1c1ccc(Cl)cc1. The molecule has 0 bridgehead atoms. The topological polar surface area (TPSA) is 57.6 Å². The van der Waals surface area contributed by atoms with Crippen molar-refractivity contribution in [3.63, 3.8) is 0 Å². The Morgan fingerprint density at radius 2 is 1.93 bits per heavy atom. The fourth-order valence-electron chi connectivity index (χ4n) is 3.72. The summed E-state index contributed by atoms with van der Waals surface area (Å²) in [5.41, 5.74) is 9.52. The number of carbonyl (C=O) groups is 2. The number of halogens is 1. The summed E-state index contributed by atoms with van der Waals surface area (Å²) in [6.45, 7) is 0.233. The molecule has 4 nitrogen and oxygen atoms in total. The Morgan fingerprint density at radius 1 is 1.17 bits per heavy atom. The number of carboxylic acid groups (broad SMARTS) is 1. The van der Waals surface area contributed by atoms with Crippen LogP contribution in [-0.2, 0) is 9.59 Å². The third-order valence-corrected chi connectivity index (χ3v) is 5.49. The van der Waals surface area contributed by atoms with Gasteiger partial charge in [0.1, 0.15) is 0 Å². The standard InChI is InChI=1S/C24H18ClNO3/c25-19-10-8-17(9-11-19)21-13-22(21)20-6-1-2-7-23(20)26(15-27)14-16-4-3-5-18(12-16)24(28)29/h1-2,5-12,15,21-22H,13-14H2,(H,28,29)/t21-,22?/m0/s1. The molecule has 0 spiro atoms. The van der Waals surface area contributed by atoms with E-state index in [-0.39, 0.29) is 12.1 Å². The van der Waals surface area contributed by atoms with Crippen LogP contribution in [0.5, 0.6) is 0 Å². The monoisotopic (exact) mass is 403 g/mol. The van der Waals surface area contributed by atoms with Gasteiger partial charge in [-0.2, -0.15) is 0 Å². The molecule has 1 N–H and O–H groups in total. The zero-order valence-electron chi connectivity index (χ0n) is 15.5. The predicted octanol–water partition coefficient (Wildman–Crippen LogP) is 4.84. The van der Waals surface area contributed by atoms with Gasteiger partial charge in [-0.15, -0.1) is 0 Å². The molecule has 1 unspecified atom stereocenters. The highest BCUT2D eigenvalue weighted by Gasteiger charge is 2.41. The lowest BCUT2D eigenvalue weighted by Crippen LogP contribution is -2.24. The number of carbonyl (C=O) groups excluding carboxylic acids is 1. The third kappa shape index (κ3) is 4.11. The van der Waals surface area contributed by atoms with Crippen molar-refractivity contribution in [3.8, 4) is 0 Å². The highest BCUT2D eigenvalue weighted by Crippen LogP contribution is 2.56. The van der Waals surface area contributed by atoms with E-state index in [4.69, 9.17) is 11.6 Å². The van der Waals surface area contributed by atoms with E-state index in [0.717, 1.165) is 29.1 Å². The Bertz CT molecular complexity index is 1100. The van der Waals surface area contributed by atoms with Crippen LogP contribution in [0.4, 0.5) is 5.69 Å². The predicted molar refractivity (Wildman–Crippen MR) is 112 cm³/mol. The van der Waals surface area contributed by atoms with Gasteiger partial charge in [-0.05, 0) is 53.7 Å². The van der Waals surface area contributed by atoms with E-state index in [2.05, 4.69) is 29.7 Å². The molecule has 4 rings (SSSR count). The van der Waals surface area contributed by atoms with Gasteiger partial charge in [-0.25, -0.2) is 4.79 Å². The van der Waals surface area contributed by atoms with Gasteiger partial charge >= 0.3 is 5.97 Å². The molecule has 2 aliphatic rings. The van der Waals surface area contributed by atoms with Crippen LogP contribution in [0, 0.1) is 0 Å². The number of anilines is 1.